The minimum atomic E-state index is -2.20. The summed E-state index contributed by atoms with van der Waals surface area (Å²) in [4.78, 5) is 50.6. The molecule has 0 aromatic heterocycles. The third-order valence-corrected chi connectivity index (χ3v) is 9.53. The predicted molar refractivity (Wildman–Crippen MR) is 114 cm³/mol. The number of carboxylic acids is 2. The molecule has 0 aromatic rings. The maximum Gasteiger partial charge on any atom is 0.323 e. The van der Waals surface area contributed by atoms with E-state index in [-0.39, 0.29) is 31.8 Å². The van der Waals surface area contributed by atoms with Crippen molar-refractivity contribution in [3.63, 3.8) is 0 Å². The summed E-state index contributed by atoms with van der Waals surface area (Å²) in [5.74, 6) is -3.08. The summed E-state index contributed by atoms with van der Waals surface area (Å²) >= 11 is 0. The molecule has 5 atom stereocenters. The van der Waals surface area contributed by atoms with Crippen LogP contribution in [0.3, 0.4) is 0 Å². The van der Waals surface area contributed by atoms with Crippen molar-refractivity contribution in [1.29, 1.82) is 0 Å². The molecule has 2 N–H and O–H groups in total. The highest BCUT2D eigenvalue weighted by Crippen LogP contribution is 2.46. The fourth-order valence-corrected chi connectivity index (χ4v) is 6.69. The SMILES string of the molecule is CCN(CC)C(=O)S(=O)C(C(=O)O)C1CC1CCN(CC)C(=O)S(=O)C1(C(=O)O)CC1. The largest absolute Gasteiger partial charge is 0.480 e. The van der Waals surface area contributed by atoms with Crippen molar-refractivity contribution in [1.82, 2.24) is 9.80 Å². The van der Waals surface area contributed by atoms with Gasteiger partial charge in [0.05, 0.1) is 0 Å². The molecule has 0 heterocycles. The molecule has 12 heteroatoms. The van der Waals surface area contributed by atoms with Gasteiger partial charge in [0.1, 0.15) is 26.8 Å². The average molecular weight is 479 g/mol. The van der Waals surface area contributed by atoms with Gasteiger partial charge < -0.3 is 20.0 Å². The normalized spacial score (nSPS) is 23.8. The van der Waals surface area contributed by atoms with E-state index in [0.717, 1.165) is 0 Å². The van der Waals surface area contributed by atoms with E-state index in [1.54, 1.807) is 20.8 Å². The monoisotopic (exact) mass is 478 g/mol. The molecular formula is C19H30N2O8S2. The van der Waals surface area contributed by atoms with E-state index in [9.17, 15) is 37.8 Å². The van der Waals surface area contributed by atoms with E-state index in [1.807, 2.05) is 0 Å². The van der Waals surface area contributed by atoms with Gasteiger partial charge in [-0.15, -0.1) is 0 Å². The van der Waals surface area contributed by atoms with E-state index in [2.05, 4.69) is 0 Å². The first-order valence-corrected chi connectivity index (χ1v) is 12.8. The Morgan fingerprint density at radius 3 is 1.94 bits per heavy atom. The zero-order valence-corrected chi connectivity index (χ0v) is 19.6. The van der Waals surface area contributed by atoms with Crippen LogP contribution in [0, 0.1) is 11.8 Å². The van der Waals surface area contributed by atoms with Gasteiger partial charge in [-0.2, -0.15) is 0 Å². The number of nitrogens with zero attached hydrogens (tertiary/aromatic N) is 2. The van der Waals surface area contributed by atoms with Gasteiger partial charge in [-0.3, -0.25) is 19.2 Å². The van der Waals surface area contributed by atoms with Crippen LogP contribution in [0.25, 0.3) is 0 Å². The second kappa shape index (κ2) is 10.2. The van der Waals surface area contributed by atoms with Gasteiger partial charge in [0.15, 0.2) is 4.75 Å². The topological polar surface area (TPSA) is 149 Å². The Labute approximate surface area is 186 Å². The highest BCUT2D eigenvalue weighted by Gasteiger charge is 2.59. The minimum Gasteiger partial charge on any atom is -0.480 e. The number of amides is 2. The molecule has 2 saturated carbocycles. The van der Waals surface area contributed by atoms with Crippen molar-refractivity contribution >= 4 is 44.0 Å². The molecule has 2 fully saturated rings. The molecule has 0 aromatic carbocycles. The number of carbonyl (C=O) groups excluding carboxylic acids is 2. The first-order valence-electron chi connectivity index (χ1n) is 10.4. The van der Waals surface area contributed by atoms with Gasteiger partial charge >= 0.3 is 22.4 Å². The molecule has 31 heavy (non-hydrogen) atoms. The highest BCUT2D eigenvalue weighted by atomic mass is 32.2. The first kappa shape index (κ1) is 25.4. The summed E-state index contributed by atoms with van der Waals surface area (Å²) in [7, 11) is -4.37. The number of rotatable bonds is 11. The molecule has 2 rings (SSSR count). The van der Waals surface area contributed by atoms with Gasteiger partial charge in [0, 0.05) is 26.2 Å². The molecular weight excluding hydrogens is 448 g/mol. The van der Waals surface area contributed by atoms with E-state index < -0.39 is 59.9 Å². The molecule has 0 bridgehead atoms. The summed E-state index contributed by atoms with van der Waals surface area (Å²) in [5.41, 5.74) is 0. The third kappa shape index (κ3) is 5.33. The molecule has 0 aliphatic heterocycles. The fourth-order valence-electron chi connectivity index (χ4n) is 3.70. The second-order valence-corrected chi connectivity index (χ2v) is 11.0. The van der Waals surface area contributed by atoms with Crippen molar-refractivity contribution in [3.8, 4) is 0 Å². The van der Waals surface area contributed by atoms with Crippen LogP contribution in [0.15, 0.2) is 0 Å². The molecule has 5 unspecified atom stereocenters. The van der Waals surface area contributed by atoms with E-state index >= 15 is 0 Å². The first-order chi connectivity index (χ1) is 14.5. The Morgan fingerprint density at radius 2 is 1.52 bits per heavy atom. The minimum absolute atomic E-state index is 0.126. The zero-order valence-electron chi connectivity index (χ0n) is 17.9. The van der Waals surface area contributed by atoms with Gasteiger partial charge in [-0.05, 0) is 58.3 Å². The number of carbonyl (C=O) groups is 4. The number of carboxylic acid groups (broad SMARTS) is 2. The molecule has 2 amide bonds. The van der Waals surface area contributed by atoms with Gasteiger partial charge in [-0.25, -0.2) is 8.42 Å². The zero-order chi connectivity index (χ0) is 23.5. The van der Waals surface area contributed by atoms with Crippen molar-refractivity contribution in [2.24, 2.45) is 11.8 Å². The average Bonchev–Trinajstić information content (AvgIpc) is 3.64. The van der Waals surface area contributed by atoms with Crippen molar-refractivity contribution in [3.05, 3.63) is 0 Å². The standard InChI is InChI=1S/C19H30N2O8S2/c1-4-20(5-2)17(26)30(28)14(15(22)23)13-11-12(13)7-10-21(6-3)18(27)31(29)19(8-9-19)16(24)25/h12-14H,4-11H2,1-3H3,(H,22,23)(H,24,25). The Hall–Kier alpha value is -1.82. The van der Waals surface area contributed by atoms with Crippen LogP contribution in [0.4, 0.5) is 9.59 Å². The summed E-state index contributed by atoms with van der Waals surface area (Å²) in [6, 6.07) is 0. The maximum atomic E-state index is 12.6. The Balaban J connectivity index is 1.97. The summed E-state index contributed by atoms with van der Waals surface area (Å²) < 4.78 is 23.6. The molecule has 10 nitrogen and oxygen atoms in total. The summed E-state index contributed by atoms with van der Waals surface area (Å²) in [6.45, 7) is 6.26. The number of hydrogen-bond acceptors (Lipinski definition) is 6. The fraction of sp³-hybridized carbons (Fsp3) is 0.789. The maximum absolute atomic E-state index is 12.6. The molecule has 176 valence electrons. The van der Waals surface area contributed by atoms with Gasteiger partial charge in [-0.1, -0.05) is 0 Å². The van der Waals surface area contributed by atoms with Crippen LogP contribution in [0.2, 0.25) is 0 Å². The van der Waals surface area contributed by atoms with Crippen molar-refractivity contribution in [2.45, 2.75) is 56.5 Å². The van der Waals surface area contributed by atoms with E-state index in [4.69, 9.17) is 0 Å². The van der Waals surface area contributed by atoms with Gasteiger partial charge in [0.2, 0.25) is 0 Å². The number of aliphatic carboxylic acids is 2. The van der Waals surface area contributed by atoms with Crippen LogP contribution in [0.5, 0.6) is 0 Å². The van der Waals surface area contributed by atoms with E-state index in [0.29, 0.717) is 25.9 Å². The molecule has 2 aliphatic carbocycles. The highest BCUT2D eigenvalue weighted by molar-refractivity contribution is 8.02. The smallest absolute Gasteiger partial charge is 0.323 e. The second-order valence-electron chi connectivity index (χ2n) is 7.86. The molecule has 0 radical (unpaired) electrons. The number of hydrogen-bond donors (Lipinski definition) is 2. The Bertz CT molecular complexity index is 794. The lowest BCUT2D eigenvalue weighted by Gasteiger charge is -2.22. The third-order valence-electron chi connectivity index (χ3n) is 6.05. The lowest BCUT2D eigenvalue weighted by atomic mass is 10.2. The summed E-state index contributed by atoms with van der Waals surface area (Å²) in [6.07, 6.45) is 1.29. The van der Waals surface area contributed by atoms with Crippen LogP contribution >= 0.6 is 0 Å². The van der Waals surface area contributed by atoms with Crippen molar-refractivity contribution < 1.29 is 37.8 Å². The lowest BCUT2D eigenvalue weighted by molar-refractivity contribution is -0.138. The lowest BCUT2D eigenvalue weighted by Crippen LogP contribution is -2.41. The predicted octanol–water partition coefficient (Wildman–Crippen LogP) is 1.48. The van der Waals surface area contributed by atoms with Crippen LogP contribution in [0.1, 0.15) is 46.5 Å². The quantitative estimate of drug-likeness (QED) is 0.453. The van der Waals surface area contributed by atoms with Crippen LogP contribution in [-0.2, 0) is 31.2 Å². The Kier molecular flexibility index (Phi) is 8.37. The van der Waals surface area contributed by atoms with Crippen LogP contribution < -0.4 is 0 Å². The molecule has 0 saturated heterocycles. The van der Waals surface area contributed by atoms with Gasteiger partial charge in [0.25, 0.3) is 0 Å². The van der Waals surface area contributed by atoms with E-state index in [1.165, 1.54) is 9.80 Å². The molecule has 2 aliphatic rings. The summed E-state index contributed by atoms with van der Waals surface area (Å²) in [5, 5.41) is 16.1. The van der Waals surface area contributed by atoms with Crippen molar-refractivity contribution in [2.75, 3.05) is 26.2 Å². The van der Waals surface area contributed by atoms with Crippen LogP contribution in [-0.4, -0.2) is 87.0 Å². The molecule has 0 spiro atoms. The Morgan fingerprint density at radius 1 is 0.968 bits per heavy atom.